The van der Waals surface area contributed by atoms with Crippen molar-refractivity contribution in [3.05, 3.63) is 0 Å². The van der Waals surface area contributed by atoms with E-state index >= 15 is 0 Å². The van der Waals surface area contributed by atoms with E-state index in [0.717, 1.165) is 0 Å². The van der Waals surface area contributed by atoms with Gasteiger partial charge in [0.15, 0.2) is 0 Å². The Labute approximate surface area is 54.2 Å². The fraction of sp³-hybridized carbons (Fsp3) is 1.00. The van der Waals surface area contributed by atoms with E-state index in [4.69, 9.17) is 23.2 Å². The van der Waals surface area contributed by atoms with Crippen LogP contribution in [0.25, 0.3) is 0 Å². The zero-order valence-corrected chi connectivity index (χ0v) is 5.10. The summed E-state index contributed by atoms with van der Waals surface area (Å²) in [4.78, 5) is 0. The van der Waals surface area contributed by atoms with Crippen LogP contribution in [0.15, 0.2) is 0 Å². The van der Waals surface area contributed by atoms with E-state index in [2.05, 4.69) is 0 Å². The van der Waals surface area contributed by atoms with E-state index in [9.17, 15) is 0 Å². The first-order valence-corrected chi connectivity index (χ1v) is 1.60. The maximum absolute atomic E-state index is 4.76. The molecule has 0 saturated carbocycles. The molecule has 5 heavy (non-hydrogen) atoms. The Morgan fingerprint density at radius 2 is 1.20 bits per heavy atom. The topological polar surface area (TPSA) is 0 Å². The van der Waals surface area contributed by atoms with Crippen molar-refractivity contribution in [1.29, 1.82) is 0 Å². The number of alkyl halides is 2. The van der Waals surface area contributed by atoms with Crippen molar-refractivity contribution < 1.29 is 0 Å². The van der Waals surface area contributed by atoms with Crippen LogP contribution >= 0.6 is 40.2 Å². The van der Waals surface area contributed by atoms with Gasteiger partial charge in [0, 0.05) is 0 Å². The summed E-state index contributed by atoms with van der Waals surface area (Å²) in [6.45, 7) is 0. The molecule has 0 spiro atoms. The first-order chi connectivity index (χ1) is 1.41. The van der Waals surface area contributed by atoms with Gasteiger partial charge in [0.1, 0.15) is 0 Å². The van der Waals surface area contributed by atoms with Gasteiger partial charge in [-0.15, -0.1) is 40.2 Å². The lowest BCUT2D eigenvalue weighted by Gasteiger charge is -1.42. The summed E-state index contributed by atoms with van der Waals surface area (Å²) in [5.41, 5.74) is 0. The first-order valence-electron chi connectivity index (χ1n) is 0.535. The molecule has 0 aromatic heterocycles. The molecule has 0 aromatic carbocycles. The van der Waals surface area contributed by atoms with Gasteiger partial charge in [-0.1, -0.05) is 0 Å². The minimum absolute atomic E-state index is 0. The summed E-state index contributed by atoms with van der Waals surface area (Å²) < 4.78 is 0. The summed E-state index contributed by atoms with van der Waals surface area (Å²) in [5, 5.41) is 0.194. The molecule has 0 unspecified atom stereocenters. The van der Waals surface area contributed by atoms with Gasteiger partial charge >= 0.3 is 0 Å². The Kier molecular flexibility index (Phi) is 63.6. The minimum Gasteiger partial charge on any atom is -0.114 e. The van der Waals surface area contributed by atoms with Crippen molar-refractivity contribution in [1.82, 2.24) is 0 Å². The number of rotatable bonds is 0. The van der Waals surface area contributed by atoms with Crippen LogP contribution < -0.4 is 0 Å². The second-order valence-electron chi connectivity index (χ2n) is 0.101. The SMILES string of the molecule is B.Br.ClCCl. The van der Waals surface area contributed by atoms with Crippen LogP contribution in [-0.2, 0) is 0 Å². The lowest BCUT2D eigenvalue weighted by molar-refractivity contribution is 2.20. The summed E-state index contributed by atoms with van der Waals surface area (Å²) in [6, 6.07) is 0. The molecule has 34 valence electrons. The Balaban J connectivity index is -0.0000000200. The number of hydrogen-bond acceptors (Lipinski definition) is 0. The fourth-order valence-corrected chi connectivity index (χ4v) is 0. The van der Waals surface area contributed by atoms with E-state index in [1.807, 2.05) is 0 Å². The fourth-order valence-electron chi connectivity index (χ4n) is 0. The molecule has 4 heteroatoms. The standard InChI is InChI=1S/CH2Cl2.BH3.BrH/c2-1-3;;/h1H2;1H3;1H. The molecule has 0 aromatic rings. The molecule has 0 rings (SSSR count). The third-order valence-electron chi connectivity index (χ3n) is 0. The van der Waals surface area contributed by atoms with E-state index in [1.165, 1.54) is 0 Å². The first kappa shape index (κ1) is 16.5. The molecule has 0 radical (unpaired) electrons. The summed E-state index contributed by atoms with van der Waals surface area (Å²) in [7, 11) is 0. The van der Waals surface area contributed by atoms with E-state index in [0.29, 0.717) is 0 Å². The molecule has 0 heterocycles. The Bertz CT molecular complexity index is 9.61. The van der Waals surface area contributed by atoms with E-state index < -0.39 is 0 Å². The van der Waals surface area contributed by atoms with Crippen molar-refractivity contribution in [3.8, 4) is 0 Å². The molecule has 0 atom stereocenters. The van der Waals surface area contributed by atoms with Crippen LogP contribution in [-0.4, -0.2) is 13.8 Å². The predicted octanol–water partition coefficient (Wildman–Crippen LogP) is 0.815. The molecule has 0 aliphatic heterocycles. The van der Waals surface area contributed by atoms with Crippen LogP contribution in [0.1, 0.15) is 0 Å². The molecule has 0 bridgehead atoms. The van der Waals surface area contributed by atoms with Crippen LogP contribution in [0, 0.1) is 0 Å². The highest BCUT2D eigenvalue weighted by Crippen LogP contribution is 1.73. The van der Waals surface area contributed by atoms with Crippen molar-refractivity contribution in [2.45, 2.75) is 0 Å². The normalized spacial score (nSPS) is 3.60. The second-order valence-corrected chi connectivity index (χ2v) is 0.909. The van der Waals surface area contributed by atoms with Gasteiger partial charge in [-0.25, -0.2) is 0 Å². The van der Waals surface area contributed by atoms with Crippen LogP contribution in [0.4, 0.5) is 0 Å². The van der Waals surface area contributed by atoms with Gasteiger partial charge < -0.3 is 0 Å². The molecular formula is CH6BBrCl2. The van der Waals surface area contributed by atoms with Gasteiger partial charge in [0.2, 0.25) is 0 Å². The Hall–Kier alpha value is 1.12. The molecule has 0 aliphatic carbocycles. The van der Waals surface area contributed by atoms with Crippen LogP contribution in [0.3, 0.4) is 0 Å². The Morgan fingerprint density at radius 3 is 1.20 bits per heavy atom. The summed E-state index contributed by atoms with van der Waals surface area (Å²) >= 11 is 9.53. The third kappa shape index (κ3) is 39.5. The van der Waals surface area contributed by atoms with Gasteiger partial charge in [0.25, 0.3) is 0 Å². The highest BCUT2D eigenvalue weighted by molar-refractivity contribution is 8.93. The van der Waals surface area contributed by atoms with Crippen molar-refractivity contribution in [2.75, 3.05) is 5.34 Å². The molecule has 0 aliphatic rings. The highest BCUT2D eigenvalue weighted by atomic mass is 79.9. The van der Waals surface area contributed by atoms with Gasteiger partial charge in [-0.2, -0.15) is 0 Å². The monoisotopic (exact) mass is 178 g/mol. The van der Waals surface area contributed by atoms with Crippen molar-refractivity contribution in [3.63, 3.8) is 0 Å². The summed E-state index contributed by atoms with van der Waals surface area (Å²) in [6.07, 6.45) is 0. The predicted molar refractivity (Wildman–Crippen MR) is 36.8 cm³/mol. The van der Waals surface area contributed by atoms with Gasteiger partial charge in [-0.05, 0) is 0 Å². The molecule has 0 N–H and O–H groups in total. The average Bonchev–Trinajstić information content (AvgIpc) is 0.918. The zero-order valence-electron chi connectivity index (χ0n) is 1.87. The average molecular weight is 180 g/mol. The third-order valence-corrected chi connectivity index (χ3v) is 0. The summed E-state index contributed by atoms with van der Waals surface area (Å²) in [5.74, 6) is 0. The molecule has 0 saturated heterocycles. The lowest BCUT2D eigenvalue weighted by atomic mass is 10.8. The van der Waals surface area contributed by atoms with Crippen LogP contribution in [0.2, 0.25) is 0 Å². The minimum atomic E-state index is 0. The zero-order chi connectivity index (χ0) is 2.71. The Morgan fingerprint density at radius 1 is 1.20 bits per heavy atom. The smallest absolute Gasteiger partial charge is 0.0967 e. The van der Waals surface area contributed by atoms with Crippen LogP contribution in [0.5, 0.6) is 0 Å². The highest BCUT2D eigenvalue weighted by Gasteiger charge is 1.41. The van der Waals surface area contributed by atoms with E-state index in [1.54, 1.807) is 0 Å². The largest absolute Gasteiger partial charge is 0.114 e. The van der Waals surface area contributed by atoms with Crippen molar-refractivity contribution in [2.24, 2.45) is 0 Å². The van der Waals surface area contributed by atoms with Crippen molar-refractivity contribution >= 4 is 48.6 Å². The molecule has 0 amide bonds. The maximum Gasteiger partial charge on any atom is 0.0967 e. The lowest BCUT2D eigenvalue weighted by Crippen LogP contribution is -1.24. The maximum atomic E-state index is 4.76. The van der Waals surface area contributed by atoms with Gasteiger partial charge in [0.05, 0.1) is 13.8 Å². The van der Waals surface area contributed by atoms with E-state index in [-0.39, 0.29) is 30.7 Å². The number of halogens is 3. The molecule has 0 fully saturated rings. The van der Waals surface area contributed by atoms with Gasteiger partial charge in [-0.3, -0.25) is 0 Å². The molecule has 0 nitrogen and oxygen atoms in total. The molecular weight excluding hydrogens is 174 g/mol. The number of hydrogen-bond donors (Lipinski definition) is 0. The second kappa shape index (κ2) is 19.3. The quantitative estimate of drug-likeness (QED) is 0.382.